The number of ether oxygens (including phenoxy) is 1. The van der Waals surface area contributed by atoms with E-state index in [2.05, 4.69) is 21.3 Å². The van der Waals surface area contributed by atoms with Gasteiger partial charge < -0.3 is 26.0 Å². The molecule has 0 radical (unpaired) electrons. The fraction of sp³-hybridized carbons (Fsp3) is 0.200. The second-order valence-electron chi connectivity index (χ2n) is 9.24. The molecule has 4 rings (SSSR count). The Labute approximate surface area is 257 Å². The second kappa shape index (κ2) is 14.2. The van der Waals surface area contributed by atoms with Crippen LogP contribution in [0, 0.1) is 0 Å². The predicted molar refractivity (Wildman–Crippen MR) is 163 cm³/mol. The maximum Gasteiger partial charge on any atom is 0.330 e. The van der Waals surface area contributed by atoms with E-state index >= 15 is 0 Å². The Hall–Kier alpha value is -4.05. The molecule has 1 aliphatic carbocycles. The number of urea groups is 1. The van der Waals surface area contributed by atoms with Crippen LogP contribution < -0.4 is 21.3 Å². The van der Waals surface area contributed by atoms with Crippen molar-refractivity contribution in [3.8, 4) is 0 Å². The number of halogens is 3. The van der Waals surface area contributed by atoms with Gasteiger partial charge in [-0.25, -0.2) is 9.59 Å². The smallest absolute Gasteiger partial charge is 0.330 e. The van der Waals surface area contributed by atoms with Crippen LogP contribution in [-0.4, -0.2) is 43.0 Å². The zero-order valence-corrected chi connectivity index (χ0v) is 24.6. The Kier molecular flexibility index (Phi) is 10.5. The number of rotatable bonds is 10. The number of carbonyl (C=O) groups is 4. The quantitative estimate of drug-likeness (QED) is 0.219. The van der Waals surface area contributed by atoms with Gasteiger partial charge in [-0.05, 0) is 47.9 Å². The number of carbonyl (C=O) groups excluding carboxylic acids is 4. The van der Waals surface area contributed by atoms with Gasteiger partial charge in [0.1, 0.15) is 6.04 Å². The molecule has 2 atom stereocenters. The average Bonchev–Trinajstić information content (AvgIpc) is 3.35. The number of fused-ring (bicyclic) bond motifs is 1. The molecule has 0 fully saturated rings. The molecule has 218 valence electrons. The van der Waals surface area contributed by atoms with E-state index in [1.54, 1.807) is 31.2 Å². The third-order valence-electron chi connectivity index (χ3n) is 6.28. The van der Waals surface area contributed by atoms with Crippen LogP contribution in [0.25, 0.3) is 6.08 Å². The monoisotopic (exact) mass is 628 g/mol. The minimum atomic E-state index is -1.26. The molecular formula is C30H27Cl3N4O5. The maximum absolute atomic E-state index is 13.3. The summed E-state index contributed by atoms with van der Waals surface area (Å²) in [6, 6.07) is 15.2. The standard InChI is InChI=1S/C30H27Cl3N4O5/c1-2-42-29(40)24(16-34-30(41)37-22-12-10-18-7-3-4-9-20(18)22)36-28(39)26-21(32)11-13-23(27(26)33)35-25(38)15-17-6-5-8-19(31)14-17/h3-14,22,24H,2,15-16H2,1H3,(H,35,38)(H,36,39)(H2,34,37,41)/t22-,24+/m1/s1. The van der Waals surface area contributed by atoms with Gasteiger partial charge in [-0.1, -0.05) is 83.4 Å². The van der Waals surface area contributed by atoms with E-state index in [0.29, 0.717) is 10.6 Å². The van der Waals surface area contributed by atoms with Gasteiger partial charge in [-0.3, -0.25) is 9.59 Å². The Morgan fingerprint density at radius 2 is 1.76 bits per heavy atom. The summed E-state index contributed by atoms with van der Waals surface area (Å²) in [6.07, 6.45) is 3.77. The lowest BCUT2D eigenvalue weighted by atomic mass is 10.1. The summed E-state index contributed by atoms with van der Waals surface area (Å²) in [6.45, 7) is 1.39. The molecule has 0 saturated heterocycles. The molecule has 42 heavy (non-hydrogen) atoms. The van der Waals surface area contributed by atoms with Crippen molar-refractivity contribution in [2.45, 2.75) is 25.4 Å². The summed E-state index contributed by atoms with van der Waals surface area (Å²) < 4.78 is 5.09. The van der Waals surface area contributed by atoms with E-state index < -0.39 is 29.9 Å². The van der Waals surface area contributed by atoms with Crippen LogP contribution >= 0.6 is 34.8 Å². The van der Waals surface area contributed by atoms with Crippen molar-refractivity contribution in [3.63, 3.8) is 0 Å². The summed E-state index contributed by atoms with van der Waals surface area (Å²) in [7, 11) is 0. The van der Waals surface area contributed by atoms with Gasteiger partial charge in [0.15, 0.2) is 0 Å². The highest BCUT2D eigenvalue weighted by Gasteiger charge is 2.27. The van der Waals surface area contributed by atoms with Gasteiger partial charge in [0.05, 0.1) is 46.9 Å². The summed E-state index contributed by atoms with van der Waals surface area (Å²) in [5.74, 6) is -1.97. The second-order valence-corrected chi connectivity index (χ2v) is 10.5. The first kappa shape index (κ1) is 30.9. The number of anilines is 1. The number of benzene rings is 3. The molecule has 4 amide bonds. The van der Waals surface area contributed by atoms with E-state index in [4.69, 9.17) is 39.5 Å². The van der Waals surface area contributed by atoms with Crippen LogP contribution in [0.3, 0.4) is 0 Å². The van der Waals surface area contributed by atoms with Gasteiger partial charge in [-0.15, -0.1) is 0 Å². The van der Waals surface area contributed by atoms with Crippen molar-refractivity contribution in [2.75, 3.05) is 18.5 Å². The van der Waals surface area contributed by atoms with Crippen molar-refractivity contribution < 1.29 is 23.9 Å². The van der Waals surface area contributed by atoms with Crippen molar-refractivity contribution in [2.24, 2.45) is 0 Å². The third kappa shape index (κ3) is 7.82. The minimum Gasteiger partial charge on any atom is -0.464 e. The van der Waals surface area contributed by atoms with E-state index in [1.807, 2.05) is 36.4 Å². The van der Waals surface area contributed by atoms with Gasteiger partial charge in [0.25, 0.3) is 5.91 Å². The summed E-state index contributed by atoms with van der Waals surface area (Å²) >= 11 is 18.8. The lowest BCUT2D eigenvalue weighted by Gasteiger charge is -2.20. The SMILES string of the molecule is CCOC(=O)[C@H](CNC(=O)N[C@@H]1C=Cc2ccccc21)NC(=O)c1c(Cl)ccc(NC(=O)Cc2cccc(Cl)c2)c1Cl. The van der Waals surface area contributed by atoms with Crippen LogP contribution in [0.15, 0.2) is 66.7 Å². The highest BCUT2D eigenvalue weighted by Crippen LogP contribution is 2.32. The van der Waals surface area contributed by atoms with E-state index in [1.165, 1.54) is 12.1 Å². The highest BCUT2D eigenvalue weighted by molar-refractivity contribution is 6.41. The van der Waals surface area contributed by atoms with Crippen molar-refractivity contribution in [1.82, 2.24) is 16.0 Å². The molecule has 0 spiro atoms. The molecule has 0 saturated carbocycles. The lowest BCUT2D eigenvalue weighted by Crippen LogP contribution is -2.51. The Morgan fingerprint density at radius 3 is 2.52 bits per heavy atom. The first-order chi connectivity index (χ1) is 20.2. The summed E-state index contributed by atoms with van der Waals surface area (Å²) in [5, 5.41) is 11.0. The molecule has 0 unspecified atom stereocenters. The zero-order chi connectivity index (χ0) is 30.2. The Morgan fingerprint density at radius 1 is 0.976 bits per heavy atom. The first-order valence-corrected chi connectivity index (χ1v) is 14.1. The molecule has 4 N–H and O–H groups in total. The van der Waals surface area contributed by atoms with Crippen LogP contribution in [-0.2, 0) is 20.7 Å². The normalized spacial score (nSPS) is 14.0. The number of hydrogen-bond acceptors (Lipinski definition) is 5. The molecule has 0 heterocycles. The van der Waals surface area contributed by atoms with Crippen LogP contribution in [0.4, 0.5) is 10.5 Å². The largest absolute Gasteiger partial charge is 0.464 e. The summed E-state index contributed by atoms with van der Waals surface area (Å²) in [4.78, 5) is 51.2. The van der Waals surface area contributed by atoms with Crippen molar-refractivity contribution in [3.05, 3.63) is 104 Å². The minimum absolute atomic E-state index is 0.00895. The lowest BCUT2D eigenvalue weighted by molar-refractivity contribution is -0.145. The van der Waals surface area contributed by atoms with Gasteiger partial charge >= 0.3 is 12.0 Å². The fourth-order valence-electron chi connectivity index (χ4n) is 4.31. The molecule has 1 aliphatic rings. The maximum atomic E-state index is 13.3. The first-order valence-electron chi connectivity index (χ1n) is 13.0. The van der Waals surface area contributed by atoms with Gasteiger partial charge in [-0.2, -0.15) is 0 Å². The summed E-state index contributed by atoms with van der Waals surface area (Å²) in [5.41, 5.74) is 2.60. The fourth-order valence-corrected chi connectivity index (χ4v) is 5.12. The van der Waals surface area contributed by atoms with Crippen LogP contribution in [0.2, 0.25) is 15.1 Å². The van der Waals surface area contributed by atoms with Gasteiger partial charge in [0, 0.05) is 5.02 Å². The molecule has 9 nitrogen and oxygen atoms in total. The topological polar surface area (TPSA) is 126 Å². The molecule has 12 heteroatoms. The van der Waals surface area contributed by atoms with Crippen molar-refractivity contribution >= 4 is 70.4 Å². The zero-order valence-electron chi connectivity index (χ0n) is 22.4. The Balaban J connectivity index is 1.42. The Bertz CT molecular complexity index is 1550. The highest BCUT2D eigenvalue weighted by atomic mass is 35.5. The van der Waals surface area contributed by atoms with E-state index in [9.17, 15) is 19.2 Å². The number of hydrogen-bond donors (Lipinski definition) is 4. The molecule has 3 aromatic carbocycles. The number of esters is 1. The molecule has 3 aromatic rings. The van der Waals surface area contributed by atoms with Crippen LogP contribution in [0.1, 0.15) is 40.0 Å². The number of nitrogens with one attached hydrogen (secondary N) is 4. The van der Waals surface area contributed by atoms with Crippen LogP contribution in [0.5, 0.6) is 0 Å². The molecular weight excluding hydrogens is 603 g/mol. The van der Waals surface area contributed by atoms with Crippen molar-refractivity contribution in [1.29, 1.82) is 0 Å². The molecule has 0 aliphatic heterocycles. The average molecular weight is 630 g/mol. The molecule has 0 aromatic heterocycles. The third-order valence-corrected chi connectivity index (χ3v) is 7.22. The van der Waals surface area contributed by atoms with E-state index in [-0.39, 0.29) is 46.9 Å². The predicted octanol–water partition coefficient (Wildman–Crippen LogP) is 5.56. The molecule has 0 bridgehead atoms. The number of amides is 4. The van der Waals surface area contributed by atoms with E-state index in [0.717, 1.165) is 11.1 Å². The van der Waals surface area contributed by atoms with Gasteiger partial charge in [0.2, 0.25) is 5.91 Å².